The Kier molecular flexibility index (Phi) is 7.93. The lowest BCUT2D eigenvalue weighted by Crippen LogP contribution is -2.40. The predicted molar refractivity (Wildman–Crippen MR) is 140 cm³/mol. The van der Waals surface area contributed by atoms with E-state index in [-0.39, 0.29) is 26.8 Å². The third-order valence-corrected chi connectivity index (χ3v) is 7.91. The van der Waals surface area contributed by atoms with Gasteiger partial charge < -0.3 is 15.2 Å². The van der Waals surface area contributed by atoms with Gasteiger partial charge >= 0.3 is 0 Å². The second-order valence-corrected chi connectivity index (χ2v) is 10.6. The molecule has 10 nitrogen and oxygen atoms in total. The molecule has 3 aromatic rings. The number of nitrogens with one attached hydrogen (secondary N) is 1. The Labute approximate surface area is 219 Å². The minimum atomic E-state index is -3.65. The summed E-state index contributed by atoms with van der Waals surface area (Å²) in [6, 6.07) is 15.0. The molecule has 0 amide bonds. The third kappa shape index (κ3) is 6.00. The fraction of sp³-hybridized carbons (Fsp3) is 0.200. The van der Waals surface area contributed by atoms with Crippen molar-refractivity contribution >= 4 is 50.1 Å². The van der Waals surface area contributed by atoms with Crippen molar-refractivity contribution in [2.24, 2.45) is 0 Å². The number of nitro benzene ring substituents is 1. The summed E-state index contributed by atoms with van der Waals surface area (Å²) in [4.78, 5) is 10.7. The standard InChI is InChI=1S/C25H24N4O6S2/c1-18-3-2-12-27(17-18)23(24(30)19-4-8-21(9-5-19)29(31)32)25(36)26-20-6-10-22(11-7-20)37(33,34)28-13-15-35-16-14-28/h2-12,17H,13-16H2,1H3,(H-,26,30,36). The van der Waals surface area contributed by atoms with E-state index in [4.69, 9.17) is 17.0 Å². The molecule has 1 fully saturated rings. The number of anilines is 1. The molecule has 1 N–H and O–H groups in total. The van der Waals surface area contributed by atoms with E-state index >= 15 is 0 Å². The number of morpholine rings is 1. The molecule has 0 atom stereocenters. The molecule has 0 unspecified atom stereocenters. The molecule has 1 aromatic heterocycles. The van der Waals surface area contributed by atoms with E-state index in [0.29, 0.717) is 32.0 Å². The highest BCUT2D eigenvalue weighted by atomic mass is 32.2. The molecule has 0 saturated carbocycles. The number of non-ortho nitro benzene ring substituents is 1. The molecule has 12 heteroatoms. The van der Waals surface area contributed by atoms with E-state index in [1.54, 1.807) is 35.2 Å². The van der Waals surface area contributed by atoms with Crippen molar-refractivity contribution in [3.8, 4) is 0 Å². The molecule has 192 valence electrons. The second kappa shape index (κ2) is 11.1. The Bertz CT molecular complexity index is 1450. The smallest absolute Gasteiger partial charge is 0.269 e. The van der Waals surface area contributed by atoms with Gasteiger partial charge in [-0.05, 0) is 60.7 Å². The number of ether oxygens (including phenoxy) is 1. The Morgan fingerprint density at radius 1 is 1.08 bits per heavy atom. The van der Waals surface area contributed by atoms with Gasteiger partial charge in [-0.15, -0.1) is 0 Å². The molecule has 0 bridgehead atoms. The fourth-order valence-corrected chi connectivity index (χ4v) is 5.50. The van der Waals surface area contributed by atoms with E-state index in [1.807, 2.05) is 13.0 Å². The van der Waals surface area contributed by atoms with Gasteiger partial charge in [0.25, 0.3) is 5.69 Å². The minimum absolute atomic E-state index is 0.0998. The first kappa shape index (κ1) is 26.4. The maximum Gasteiger partial charge on any atom is 0.269 e. The predicted octanol–water partition coefficient (Wildman–Crippen LogP) is 2.34. The van der Waals surface area contributed by atoms with E-state index in [2.05, 4.69) is 5.32 Å². The molecule has 2 aromatic carbocycles. The summed E-state index contributed by atoms with van der Waals surface area (Å²) in [5.74, 6) is -0.436. The van der Waals surface area contributed by atoms with Crippen LogP contribution in [0.5, 0.6) is 0 Å². The summed E-state index contributed by atoms with van der Waals surface area (Å²) >= 11 is 5.60. The van der Waals surface area contributed by atoms with Crippen LogP contribution in [-0.4, -0.2) is 48.9 Å². The average molecular weight is 541 g/mol. The lowest BCUT2D eigenvalue weighted by molar-refractivity contribution is -0.578. The summed E-state index contributed by atoms with van der Waals surface area (Å²) in [5, 5.41) is 27.5. The number of benzene rings is 2. The van der Waals surface area contributed by atoms with Crippen molar-refractivity contribution in [1.29, 1.82) is 0 Å². The molecule has 1 aliphatic heterocycles. The van der Waals surface area contributed by atoms with Gasteiger partial charge in [0.05, 0.1) is 23.0 Å². The van der Waals surface area contributed by atoms with Crippen LogP contribution in [0.1, 0.15) is 11.1 Å². The molecule has 0 radical (unpaired) electrons. The highest BCUT2D eigenvalue weighted by molar-refractivity contribution is 7.89. The van der Waals surface area contributed by atoms with Crippen LogP contribution in [0.25, 0.3) is 11.5 Å². The number of sulfonamides is 1. The Balaban J connectivity index is 1.64. The molecular formula is C25H24N4O6S2. The molecule has 1 aliphatic rings. The van der Waals surface area contributed by atoms with E-state index in [9.17, 15) is 23.6 Å². The van der Waals surface area contributed by atoms with Crippen LogP contribution >= 0.6 is 12.2 Å². The topological polar surface area (TPSA) is 129 Å². The maximum atomic E-state index is 13.5. The van der Waals surface area contributed by atoms with Crippen molar-refractivity contribution in [3.05, 3.63) is 94.3 Å². The molecule has 2 heterocycles. The normalized spacial score (nSPS) is 15.1. The van der Waals surface area contributed by atoms with E-state index < -0.39 is 20.7 Å². The maximum absolute atomic E-state index is 13.5. The minimum Gasteiger partial charge on any atom is -0.867 e. The SMILES string of the molecule is Cc1ccc[n+](/C(C(=S)Nc2ccc(S(=O)(=O)N3CCOCC3)cc2)=C(/[O-])c2ccc([N+](=O)[O-])cc2)c1. The first-order valence-electron chi connectivity index (χ1n) is 11.3. The summed E-state index contributed by atoms with van der Waals surface area (Å²) in [5.41, 5.74) is 1.61. The first-order valence-corrected chi connectivity index (χ1v) is 13.2. The van der Waals surface area contributed by atoms with Crippen LogP contribution in [0.4, 0.5) is 11.4 Å². The van der Waals surface area contributed by atoms with E-state index in [0.717, 1.165) is 5.56 Å². The van der Waals surface area contributed by atoms with Gasteiger partial charge in [0.2, 0.25) is 15.7 Å². The van der Waals surface area contributed by atoms with Gasteiger partial charge in [0.15, 0.2) is 17.4 Å². The summed E-state index contributed by atoms with van der Waals surface area (Å²) in [6.07, 6.45) is 3.42. The van der Waals surface area contributed by atoms with Gasteiger partial charge in [-0.2, -0.15) is 8.87 Å². The number of nitro groups is 1. The first-order chi connectivity index (χ1) is 17.7. The zero-order valence-electron chi connectivity index (χ0n) is 19.9. The summed E-state index contributed by atoms with van der Waals surface area (Å²) in [7, 11) is -3.65. The number of nitrogens with zero attached hydrogens (tertiary/aromatic N) is 3. The second-order valence-electron chi connectivity index (χ2n) is 8.27. The summed E-state index contributed by atoms with van der Waals surface area (Å²) < 4.78 is 34.0. The molecule has 0 spiro atoms. The van der Waals surface area contributed by atoms with Crippen LogP contribution in [0, 0.1) is 17.0 Å². The number of aromatic nitrogens is 1. The van der Waals surface area contributed by atoms with Crippen molar-refractivity contribution in [1.82, 2.24) is 4.31 Å². The number of hydrogen-bond acceptors (Lipinski definition) is 7. The van der Waals surface area contributed by atoms with Crippen LogP contribution in [0.15, 0.2) is 78.0 Å². The Morgan fingerprint density at radius 3 is 2.32 bits per heavy atom. The number of aryl methyl sites for hydroxylation is 1. The zero-order chi connectivity index (χ0) is 26.6. The number of thiocarbonyl (C=S) groups is 1. The van der Waals surface area contributed by atoms with Crippen LogP contribution in [0.3, 0.4) is 0 Å². The van der Waals surface area contributed by atoms with Crippen molar-refractivity contribution in [2.45, 2.75) is 11.8 Å². The van der Waals surface area contributed by atoms with Gasteiger partial charge in [0.1, 0.15) is 0 Å². The quantitative estimate of drug-likeness (QED) is 0.121. The number of hydrogen-bond donors (Lipinski definition) is 1. The van der Waals surface area contributed by atoms with Gasteiger partial charge in [0, 0.05) is 42.5 Å². The molecule has 37 heavy (non-hydrogen) atoms. The van der Waals surface area contributed by atoms with Crippen molar-refractivity contribution < 1.29 is 27.8 Å². The Hall–Kier alpha value is -3.71. The lowest BCUT2D eigenvalue weighted by Gasteiger charge is -2.26. The number of pyridine rings is 1. The molecule has 1 saturated heterocycles. The molecule has 0 aliphatic carbocycles. The van der Waals surface area contributed by atoms with Crippen LogP contribution in [-0.2, 0) is 14.8 Å². The van der Waals surface area contributed by atoms with E-state index in [1.165, 1.54) is 40.7 Å². The third-order valence-electron chi connectivity index (χ3n) is 5.70. The van der Waals surface area contributed by atoms with Crippen LogP contribution in [0.2, 0.25) is 0 Å². The molecular weight excluding hydrogens is 516 g/mol. The average Bonchev–Trinajstić information content (AvgIpc) is 2.89. The zero-order valence-corrected chi connectivity index (χ0v) is 21.5. The highest BCUT2D eigenvalue weighted by Crippen LogP contribution is 2.22. The van der Waals surface area contributed by atoms with Crippen LogP contribution < -0.4 is 15.0 Å². The van der Waals surface area contributed by atoms with Crippen molar-refractivity contribution in [3.63, 3.8) is 0 Å². The lowest BCUT2D eigenvalue weighted by atomic mass is 10.1. The van der Waals surface area contributed by atoms with Crippen molar-refractivity contribution in [2.75, 3.05) is 31.6 Å². The highest BCUT2D eigenvalue weighted by Gasteiger charge is 2.26. The number of rotatable bonds is 7. The fourth-order valence-electron chi connectivity index (χ4n) is 3.78. The Morgan fingerprint density at radius 2 is 1.73 bits per heavy atom. The van der Waals surface area contributed by atoms with Gasteiger partial charge in [-0.1, -0.05) is 12.2 Å². The van der Waals surface area contributed by atoms with Gasteiger partial charge in [-0.3, -0.25) is 10.1 Å². The van der Waals surface area contributed by atoms with Gasteiger partial charge in [-0.25, -0.2) is 8.42 Å². The largest absolute Gasteiger partial charge is 0.867 e. The monoisotopic (exact) mass is 540 g/mol. The molecule has 4 rings (SSSR count). The summed E-state index contributed by atoms with van der Waals surface area (Å²) in [6.45, 7) is 3.16.